The van der Waals surface area contributed by atoms with E-state index in [4.69, 9.17) is 4.74 Å². The van der Waals surface area contributed by atoms with E-state index in [1.165, 1.54) is 30.7 Å². The molecule has 1 fully saturated rings. The average molecular weight is 420 g/mol. The van der Waals surface area contributed by atoms with E-state index in [1.807, 2.05) is 0 Å². The summed E-state index contributed by atoms with van der Waals surface area (Å²) < 4.78 is 32.9. The molecule has 1 aliphatic rings. The Morgan fingerprint density at radius 1 is 1.21 bits per heavy atom. The molecular weight excluding hydrogens is 396 g/mol. The second-order valence-corrected chi connectivity index (χ2v) is 8.49. The summed E-state index contributed by atoms with van der Waals surface area (Å²) >= 11 is 0. The fourth-order valence-electron chi connectivity index (χ4n) is 3.21. The Balaban J connectivity index is 1.49. The van der Waals surface area contributed by atoms with Crippen molar-refractivity contribution in [3.8, 4) is 0 Å². The van der Waals surface area contributed by atoms with E-state index in [0.717, 1.165) is 0 Å². The number of hydrogen-bond donors (Lipinski definition) is 3. The first-order valence-electron chi connectivity index (χ1n) is 9.37. The van der Waals surface area contributed by atoms with Gasteiger partial charge in [0.1, 0.15) is 11.8 Å². The van der Waals surface area contributed by atoms with Crippen LogP contribution in [0.15, 0.2) is 53.8 Å². The number of aliphatic hydroxyl groups excluding tert-OH is 1. The van der Waals surface area contributed by atoms with Gasteiger partial charge in [0.25, 0.3) is 5.91 Å². The first kappa shape index (κ1) is 21.3. The summed E-state index contributed by atoms with van der Waals surface area (Å²) in [5.41, 5.74) is 0.196. The van der Waals surface area contributed by atoms with Gasteiger partial charge in [0, 0.05) is 18.9 Å². The SMILES string of the molecule is O=C(N[C@@H]1CC[C@H](CCNS(=O)(=O)c2ccccc2)O[C@@H]1CO)c1cnccn1. The molecule has 1 aliphatic heterocycles. The van der Waals surface area contributed by atoms with Crippen molar-refractivity contribution < 1.29 is 23.1 Å². The summed E-state index contributed by atoms with van der Waals surface area (Å²) in [5.74, 6) is -0.376. The van der Waals surface area contributed by atoms with Gasteiger partial charge in [-0.05, 0) is 31.4 Å². The Labute approximate surface area is 169 Å². The molecule has 1 aromatic carbocycles. The van der Waals surface area contributed by atoms with Crippen LogP contribution in [0.4, 0.5) is 0 Å². The molecule has 0 saturated carbocycles. The number of nitrogens with one attached hydrogen (secondary N) is 2. The molecule has 29 heavy (non-hydrogen) atoms. The van der Waals surface area contributed by atoms with Crippen LogP contribution < -0.4 is 10.0 Å². The highest BCUT2D eigenvalue weighted by atomic mass is 32.2. The molecule has 1 saturated heterocycles. The average Bonchev–Trinajstić information content (AvgIpc) is 2.75. The van der Waals surface area contributed by atoms with Crippen LogP contribution in [-0.2, 0) is 14.8 Å². The predicted octanol–water partition coefficient (Wildman–Crippen LogP) is 0.483. The summed E-state index contributed by atoms with van der Waals surface area (Å²) in [6.45, 7) is -0.0334. The zero-order valence-corrected chi connectivity index (χ0v) is 16.6. The van der Waals surface area contributed by atoms with Gasteiger partial charge in [-0.3, -0.25) is 9.78 Å². The van der Waals surface area contributed by atoms with Crippen LogP contribution in [0.3, 0.4) is 0 Å². The molecule has 0 spiro atoms. The number of hydrogen-bond acceptors (Lipinski definition) is 7. The van der Waals surface area contributed by atoms with Gasteiger partial charge in [-0.1, -0.05) is 18.2 Å². The minimum atomic E-state index is -3.56. The van der Waals surface area contributed by atoms with Crippen LogP contribution in [0.2, 0.25) is 0 Å². The quantitative estimate of drug-likeness (QED) is 0.566. The Morgan fingerprint density at radius 3 is 2.69 bits per heavy atom. The summed E-state index contributed by atoms with van der Waals surface area (Å²) in [5, 5.41) is 12.5. The van der Waals surface area contributed by atoms with E-state index in [0.29, 0.717) is 19.3 Å². The maximum Gasteiger partial charge on any atom is 0.271 e. The second kappa shape index (κ2) is 9.88. The molecule has 1 aromatic heterocycles. The second-order valence-electron chi connectivity index (χ2n) is 6.73. The first-order valence-corrected chi connectivity index (χ1v) is 10.9. The maximum absolute atomic E-state index is 12.3. The van der Waals surface area contributed by atoms with E-state index in [9.17, 15) is 18.3 Å². The topological polar surface area (TPSA) is 131 Å². The van der Waals surface area contributed by atoms with E-state index in [2.05, 4.69) is 20.0 Å². The van der Waals surface area contributed by atoms with Crippen molar-refractivity contribution in [2.75, 3.05) is 13.2 Å². The van der Waals surface area contributed by atoms with Gasteiger partial charge < -0.3 is 15.2 Å². The highest BCUT2D eigenvalue weighted by molar-refractivity contribution is 7.89. The number of rotatable bonds is 8. The van der Waals surface area contributed by atoms with Gasteiger partial charge in [-0.2, -0.15) is 0 Å². The third-order valence-corrected chi connectivity index (χ3v) is 6.20. The van der Waals surface area contributed by atoms with E-state index >= 15 is 0 Å². The summed E-state index contributed by atoms with van der Waals surface area (Å²) in [4.78, 5) is 20.3. The summed E-state index contributed by atoms with van der Waals surface area (Å²) in [6.07, 6.45) is 5.20. The fraction of sp³-hybridized carbons (Fsp3) is 0.421. The molecule has 156 valence electrons. The molecule has 2 heterocycles. The minimum Gasteiger partial charge on any atom is -0.394 e. The molecule has 3 N–H and O–H groups in total. The molecule has 0 unspecified atom stereocenters. The number of aromatic nitrogens is 2. The molecular formula is C19H24N4O5S. The molecule has 0 radical (unpaired) electrons. The molecule has 9 nitrogen and oxygen atoms in total. The first-order chi connectivity index (χ1) is 14.0. The molecule has 0 aliphatic carbocycles. The summed E-state index contributed by atoms with van der Waals surface area (Å²) in [7, 11) is -3.56. The zero-order valence-electron chi connectivity index (χ0n) is 15.8. The highest BCUT2D eigenvalue weighted by Crippen LogP contribution is 2.22. The van der Waals surface area contributed by atoms with E-state index < -0.39 is 16.1 Å². The fourth-order valence-corrected chi connectivity index (χ4v) is 4.27. The van der Waals surface area contributed by atoms with Gasteiger partial charge in [-0.15, -0.1) is 0 Å². The van der Waals surface area contributed by atoms with E-state index in [-0.39, 0.29) is 41.8 Å². The monoisotopic (exact) mass is 420 g/mol. The van der Waals surface area contributed by atoms with Gasteiger partial charge in [-0.25, -0.2) is 18.1 Å². The molecule has 2 aromatic rings. The van der Waals surface area contributed by atoms with Crippen molar-refractivity contribution >= 4 is 15.9 Å². The molecule has 3 atom stereocenters. The Hall–Kier alpha value is -2.40. The number of amides is 1. The van der Waals surface area contributed by atoms with Gasteiger partial charge in [0.2, 0.25) is 10.0 Å². The van der Waals surface area contributed by atoms with Gasteiger partial charge >= 0.3 is 0 Å². The number of sulfonamides is 1. The van der Waals surface area contributed by atoms with Gasteiger partial charge in [0.05, 0.1) is 29.8 Å². The van der Waals surface area contributed by atoms with Crippen molar-refractivity contribution in [3.63, 3.8) is 0 Å². The number of nitrogens with zero attached hydrogens (tertiary/aromatic N) is 2. The number of carbonyl (C=O) groups is 1. The van der Waals surface area contributed by atoms with Gasteiger partial charge in [0.15, 0.2) is 0 Å². The molecule has 10 heteroatoms. The number of benzene rings is 1. The lowest BCUT2D eigenvalue weighted by atomic mass is 9.97. The molecule has 0 bridgehead atoms. The van der Waals surface area contributed by atoms with Crippen molar-refractivity contribution in [2.45, 2.75) is 42.4 Å². The number of aliphatic hydroxyl groups is 1. The molecule has 1 amide bonds. The Bertz CT molecular complexity index is 895. The minimum absolute atomic E-state index is 0.196. The Morgan fingerprint density at radius 2 is 2.00 bits per heavy atom. The standard InChI is InChI=1S/C19H24N4O5S/c24-13-18-16(23-19(25)17-12-20-10-11-21-17)7-6-14(28-18)8-9-22-29(26,27)15-4-2-1-3-5-15/h1-5,10-12,14,16,18,22,24H,6-9,13H2,(H,23,25)/t14-,16-,18-/m1/s1. The van der Waals surface area contributed by atoms with Crippen LogP contribution in [-0.4, -0.2) is 60.8 Å². The highest BCUT2D eigenvalue weighted by Gasteiger charge is 2.32. The van der Waals surface area contributed by atoms with Crippen molar-refractivity contribution in [1.82, 2.24) is 20.0 Å². The number of ether oxygens (including phenoxy) is 1. The summed E-state index contributed by atoms with van der Waals surface area (Å²) in [6, 6.07) is 7.80. The number of carbonyl (C=O) groups excluding carboxylic acids is 1. The van der Waals surface area contributed by atoms with Crippen LogP contribution >= 0.6 is 0 Å². The maximum atomic E-state index is 12.3. The lowest BCUT2D eigenvalue weighted by Gasteiger charge is -2.36. The largest absolute Gasteiger partial charge is 0.394 e. The van der Waals surface area contributed by atoms with Crippen molar-refractivity contribution in [2.24, 2.45) is 0 Å². The van der Waals surface area contributed by atoms with Crippen LogP contribution in [0.5, 0.6) is 0 Å². The third-order valence-electron chi connectivity index (χ3n) is 4.72. The van der Waals surface area contributed by atoms with Crippen molar-refractivity contribution in [1.29, 1.82) is 0 Å². The Kier molecular flexibility index (Phi) is 7.26. The lowest BCUT2D eigenvalue weighted by Crippen LogP contribution is -2.51. The van der Waals surface area contributed by atoms with E-state index in [1.54, 1.807) is 18.2 Å². The third kappa shape index (κ3) is 5.80. The smallest absolute Gasteiger partial charge is 0.271 e. The predicted molar refractivity (Wildman–Crippen MR) is 105 cm³/mol. The lowest BCUT2D eigenvalue weighted by molar-refractivity contribution is -0.0891. The van der Waals surface area contributed by atoms with Crippen LogP contribution in [0, 0.1) is 0 Å². The van der Waals surface area contributed by atoms with Crippen LogP contribution in [0.25, 0.3) is 0 Å². The van der Waals surface area contributed by atoms with Crippen molar-refractivity contribution in [3.05, 3.63) is 54.6 Å². The zero-order chi connectivity index (χ0) is 20.7. The van der Waals surface area contributed by atoms with Crippen LogP contribution in [0.1, 0.15) is 29.8 Å². The molecule has 3 rings (SSSR count). The normalized spacial score (nSPS) is 22.2.